The lowest BCUT2D eigenvalue weighted by Crippen LogP contribution is -2.39. The normalized spacial score (nSPS) is 17.1. The number of benzene rings is 1. The van der Waals surface area contributed by atoms with Gasteiger partial charge in [-0.25, -0.2) is 0 Å². The summed E-state index contributed by atoms with van der Waals surface area (Å²) in [5.74, 6) is 0.297. The van der Waals surface area contributed by atoms with E-state index in [9.17, 15) is 4.79 Å². The van der Waals surface area contributed by atoms with Crippen molar-refractivity contribution in [1.82, 2.24) is 15.2 Å². The van der Waals surface area contributed by atoms with E-state index in [1.54, 1.807) is 0 Å². The summed E-state index contributed by atoms with van der Waals surface area (Å²) in [6.45, 7) is 4.69. The molecule has 2 N–H and O–H groups in total. The Morgan fingerprint density at radius 3 is 3.05 bits per heavy atom. The van der Waals surface area contributed by atoms with Crippen LogP contribution in [0, 0.1) is 0 Å². The van der Waals surface area contributed by atoms with E-state index in [2.05, 4.69) is 41.6 Å². The summed E-state index contributed by atoms with van der Waals surface area (Å²) in [5.41, 5.74) is 2.45. The van der Waals surface area contributed by atoms with Gasteiger partial charge in [-0.05, 0) is 25.0 Å². The van der Waals surface area contributed by atoms with Gasteiger partial charge in [-0.1, -0.05) is 18.2 Å². The zero-order chi connectivity index (χ0) is 13.9. The number of amides is 1. The first-order valence-electron chi connectivity index (χ1n) is 7.30. The fraction of sp³-hybridized carbons (Fsp3) is 0.438. The molecule has 0 spiro atoms. The van der Waals surface area contributed by atoms with Gasteiger partial charge in [0.2, 0.25) is 5.91 Å². The van der Waals surface area contributed by atoms with Gasteiger partial charge in [0.05, 0.1) is 0 Å². The van der Waals surface area contributed by atoms with Crippen molar-refractivity contribution in [2.45, 2.75) is 32.4 Å². The SMILES string of the molecule is CC(CN1CCCC1=O)NCc1c[nH]c2ccccc12. The second-order valence-corrected chi connectivity index (χ2v) is 5.58. The third-order valence-corrected chi connectivity index (χ3v) is 3.98. The molecule has 0 bridgehead atoms. The first-order valence-corrected chi connectivity index (χ1v) is 7.30. The molecule has 1 aliphatic heterocycles. The van der Waals surface area contributed by atoms with Crippen LogP contribution in [-0.2, 0) is 11.3 Å². The first-order chi connectivity index (χ1) is 9.74. The lowest BCUT2D eigenvalue weighted by Gasteiger charge is -2.21. The minimum absolute atomic E-state index is 0.297. The summed E-state index contributed by atoms with van der Waals surface area (Å²) in [6, 6.07) is 8.64. The third-order valence-electron chi connectivity index (χ3n) is 3.98. The summed E-state index contributed by atoms with van der Waals surface area (Å²) < 4.78 is 0. The van der Waals surface area contributed by atoms with Gasteiger partial charge in [-0.3, -0.25) is 4.79 Å². The van der Waals surface area contributed by atoms with Crippen molar-refractivity contribution in [3.05, 3.63) is 36.0 Å². The number of carbonyl (C=O) groups excluding carboxylic acids is 1. The maximum atomic E-state index is 11.6. The van der Waals surface area contributed by atoms with Gasteiger partial charge in [0.25, 0.3) is 0 Å². The molecular weight excluding hydrogens is 250 g/mol. The number of likely N-dealkylation sites (tertiary alicyclic amines) is 1. The number of hydrogen-bond donors (Lipinski definition) is 2. The van der Waals surface area contributed by atoms with E-state index in [1.807, 2.05) is 11.0 Å². The van der Waals surface area contributed by atoms with Crippen molar-refractivity contribution in [3.63, 3.8) is 0 Å². The molecule has 0 aliphatic carbocycles. The van der Waals surface area contributed by atoms with E-state index in [0.717, 1.165) is 32.5 Å². The number of rotatable bonds is 5. The molecule has 1 saturated heterocycles. The van der Waals surface area contributed by atoms with Crippen molar-refractivity contribution >= 4 is 16.8 Å². The van der Waals surface area contributed by atoms with Crippen LogP contribution in [0.15, 0.2) is 30.5 Å². The Morgan fingerprint density at radius 2 is 2.25 bits per heavy atom. The number of nitrogens with one attached hydrogen (secondary N) is 2. The number of hydrogen-bond acceptors (Lipinski definition) is 2. The Kier molecular flexibility index (Phi) is 3.74. The largest absolute Gasteiger partial charge is 0.361 e. The Labute approximate surface area is 119 Å². The molecule has 0 radical (unpaired) electrons. The molecule has 1 aromatic carbocycles. The standard InChI is InChI=1S/C16H21N3O/c1-12(11-19-8-4-7-16(19)20)17-9-13-10-18-15-6-3-2-5-14(13)15/h2-3,5-6,10,12,17-18H,4,7-9,11H2,1H3. The maximum absolute atomic E-state index is 11.6. The van der Waals surface area contributed by atoms with Crippen LogP contribution in [0.25, 0.3) is 10.9 Å². The Morgan fingerprint density at radius 1 is 1.40 bits per heavy atom. The Hall–Kier alpha value is -1.81. The highest BCUT2D eigenvalue weighted by Crippen LogP contribution is 2.17. The summed E-state index contributed by atoms with van der Waals surface area (Å²) in [7, 11) is 0. The summed E-state index contributed by atoms with van der Waals surface area (Å²) in [6.07, 6.45) is 3.79. The highest BCUT2D eigenvalue weighted by atomic mass is 16.2. The average molecular weight is 271 g/mol. The fourth-order valence-electron chi connectivity index (χ4n) is 2.85. The van der Waals surface area contributed by atoms with Gasteiger partial charge in [0, 0.05) is 49.2 Å². The highest BCUT2D eigenvalue weighted by Gasteiger charge is 2.21. The predicted molar refractivity (Wildman–Crippen MR) is 80.4 cm³/mol. The minimum Gasteiger partial charge on any atom is -0.361 e. The van der Waals surface area contributed by atoms with E-state index in [1.165, 1.54) is 16.5 Å². The number of para-hydroxylation sites is 1. The quantitative estimate of drug-likeness (QED) is 0.876. The molecule has 0 saturated carbocycles. The number of carbonyl (C=O) groups is 1. The molecule has 20 heavy (non-hydrogen) atoms. The first kappa shape index (κ1) is 13.2. The van der Waals surface area contributed by atoms with Crippen LogP contribution in [0.4, 0.5) is 0 Å². The lowest BCUT2D eigenvalue weighted by atomic mass is 10.1. The maximum Gasteiger partial charge on any atom is 0.222 e. The van der Waals surface area contributed by atoms with Crippen LogP contribution < -0.4 is 5.32 Å². The van der Waals surface area contributed by atoms with Gasteiger partial charge >= 0.3 is 0 Å². The fourth-order valence-corrected chi connectivity index (χ4v) is 2.85. The second-order valence-electron chi connectivity index (χ2n) is 5.58. The summed E-state index contributed by atoms with van der Waals surface area (Å²) >= 11 is 0. The molecular formula is C16H21N3O. The molecule has 2 heterocycles. The molecule has 1 unspecified atom stereocenters. The molecule has 1 aliphatic rings. The van der Waals surface area contributed by atoms with Crippen LogP contribution in [0.5, 0.6) is 0 Å². The van der Waals surface area contributed by atoms with Crippen molar-refractivity contribution in [3.8, 4) is 0 Å². The molecule has 3 rings (SSSR count). The number of aromatic amines is 1. The van der Waals surface area contributed by atoms with Gasteiger partial charge < -0.3 is 15.2 Å². The predicted octanol–water partition coefficient (Wildman–Crippen LogP) is 2.27. The minimum atomic E-state index is 0.297. The van der Waals surface area contributed by atoms with Gasteiger partial charge in [-0.15, -0.1) is 0 Å². The molecule has 4 heteroatoms. The third kappa shape index (κ3) is 2.70. The lowest BCUT2D eigenvalue weighted by molar-refractivity contribution is -0.127. The van der Waals surface area contributed by atoms with E-state index in [0.29, 0.717) is 11.9 Å². The zero-order valence-corrected chi connectivity index (χ0v) is 11.9. The van der Waals surface area contributed by atoms with Gasteiger partial charge in [0.1, 0.15) is 0 Å². The zero-order valence-electron chi connectivity index (χ0n) is 11.9. The molecule has 2 aromatic rings. The van der Waals surface area contributed by atoms with Crippen LogP contribution in [0.2, 0.25) is 0 Å². The second kappa shape index (κ2) is 5.67. The van der Waals surface area contributed by atoms with Gasteiger partial charge in [-0.2, -0.15) is 0 Å². The highest BCUT2D eigenvalue weighted by molar-refractivity contribution is 5.83. The Bertz CT molecular complexity index is 605. The molecule has 1 aromatic heterocycles. The average Bonchev–Trinajstić information content (AvgIpc) is 3.04. The molecule has 1 atom stereocenters. The van der Waals surface area contributed by atoms with E-state index >= 15 is 0 Å². The number of H-pyrrole nitrogens is 1. The Balaban J connectivity index is 1.57. The summed E-state index contributed by atoms with van der Waals surface area (Å²) in [5, 5.41) is 4.78. The molecule has 4 nitrogen and oxygen atoms in total. The van der Waals surface area contributed by atoms with E-state index in [4.69, 9.17) is 0 Å². The van der Waals surface area contributed by atoms with Crippen LogP contribution in [0.3, 0.4) is 0 Å². The van der Waals surface area contributed by atoms with Gasteiger partial charge in [0.15, 0.2) is 0 Å². The number of nitrogens with zero attached hydrogens (tertiary/aromatic N) is 1. The van der Waals surface area contributed by atoms with Crippen LogP contribution >= 0.6 is 0 Å². The van der Waals surface area contributed by atoms with Crippen molar-refractivity contribution in [1.29, 1.82) is 0 Å². The molecule has 1 fully saturated rings. The number of aromatic nitrogens is 1. The van der Waals surface area contributed by atoms with Crippen molar-refractivity contribution < 1.29 is 4.79 Å². The monoisotopic (exact) mass is 271 g/mol. The van der Waals surface area contributed by atoms with E-state index < -0.39 is 0 Å². The molecule has 106 valence electrons. The van der Waals surface area contributed by atoms with Crippen molar-refractivity contribution in [2.75, 3.05) is 13.1 Å². The smallest absolute Gasteiger partial charge is 0.222 e. The number of fused-ring (bicyclic) bond motifs is 1. The topological polar surface area (TPSA) is 48.1 Å². The molecule has 1 amide bonds. The summed E-state index contributed by atoms with van der Waals surface area (Å²) in [4.78, 5) is 16.9. The van der Waals surface area contributed by atoms with Crippen LogP contribution in [-0.4, -0.2) is 34.9 Å². The van der Waals surface area contributed by atoms with E-state index in [-0.39, 0.29) is 0 Å². The van der Waals surface area contributed by atoms with Crippen molar-refractivity contribution in [2.24, 2.45) is 0 Å². The van der Waals surface area contributed by atoms with Crippen LogP contribution in [0.1, 0.15) is 25.3 Å².